The Morgan fingerprint density at radius 2 is 1.93 bits per heavy atom. The molecule has 0 atom stereocenters. The minimum absolute atomic E-state index is 0.182. The summed E-state index contributed by atoms with van der Waals surface area (Å²) in [5.74, 6) is 0.182. The number of nitrogens with two attached hydrogens (primary N) is 1. The molecule has 0 aliphatic heterocycles. The van der Waals surface area contributed by atoms with Gasteiger partial charge in [-0.25, -0.2) is 4.68 Å². The van der Waals surface area contributed by atoms with Crippen molar-refractivity contribution in [3.05, 3.63) is 11.3 Å². The van der Waals surface area contributed by atoms with Gasteiger partial charge < -0.3 is 5.73 Å². The van der Waals surface area contributed by atoms with Crippen LogP contribution in [0, 0.1) is 0 Å². The normalized spacial score (nSPS) is 16.5. The first-order valence-electron chi connectivity index (χ1n) is 4.88. The highest BCUT2D eigenvalue weighted by Crippen LogP contribution is 2.27. The molecule has 0 bridgehead atoms. The molecule has 0 aromatic carbocycles. The van der Waals surface area contributed by atoms with Gasteiger partial charge >= 0.3 is 6.18 Å². The lowest BCUT2D eigenvalue weighted by molar-refractivity contribution is -0.142. The molecular formula is C9H12F3N3. The van der Waals surface area contributed by atoms with Gasteiger partial charge in [0.25, 0.3) is 0 Å². The van der Waals surface area contributed by atoms with Gasteiger partial charge in [0, 0.05) is 5.56 Å². The molecule has 1 heterocycles. The topological polar surface area (TPSA) is 43.8 Å². The number of rotatable bonds is 1. The van der Waals surface area contributed by atoms with Crippen LogP contribution >= 0.6 is 0 Å². The molecule has 84 valence electrons. The third-order valence-electron chi connectivity index (χ3n) is 2.60. The molecule has 0 unspecified atom stereocenters. The first-order chi connectivity index (χ1) is 6.97. The average molecular weight is 219 g/mol. The quantitative estimate of drug-likeness (QED) is 0.784. The second-order valence-corrected chi connectivity index (χ2v) is 3.79. The van der Waals surface area contributed by atoms with E-state index < -0.39 is 12.7 Å². The second kappa shape index (κ2) is 3.43. The minimum Gasteiger partial charge on any atom is -0.384 e. The fraction of sp³-hybridized carbons (Fsp3) is 0.667. The van der Waals surface area contributed by atoms with Crippen molar-refractivity contribution in [3.63, 3.8) is 0 Å². The largest absolute Gasteiger partial charge is 0.408 e. The number of aromatic nitrogens is 2. The van der Waals surface area contributed by atoms with Gasteiger partial charge in [-0.3, -0.25) is 0 Å². The van der Waals surface area contributed by atoms with E-state index in [-0.39, 0.29) is 5.82 Å². The Morgan fingerprint density at radius 1 is 1.27 bits per heavy atom. The molecule has 0 spiro atoms. The Hall–Kier alpha value is -1.20. The van der Waals surface area contributed by atoms with Crippen molar-refractivity contribution in [1.29, 1.82) is 0 Å². The van der Waals surface area contributed by atoms with Gasteiger partial charge in [-0.2, -0.15) is 18.3 Å². The number of halogens is 3. The van der Waals surface area contributed by atoms with E-state index in [1.165, 1.54) is 0 Å². The lowest BCUT2D eigenvalue weighted by atomic mass is 9.98. The molecule has 3 nitrogen and oxygen atoms in total. The predicted octanol–water partition coefficient (Wildman–Crippen LogP) is 1.91. The zero-order valence-electron chi connectivity index (χ0n) is 8.14. The third-order valence-corrected chi connectivity index (χ3v) is 2.60. The number of hydrogen-bond acceptors (Lipinski definition) is 2. The summed E-state index contributed by atoms with van der Waals surface area (Å²) in [4.78, 5) is 0. The monoisotopic (exact) mass is 219 g/mol. The Balaban J connectivity index is 2.29. The fourth-order valence-electron chi connectivity index (χ4n) is 1.92. The van der Waals surface area contributed by atoms with Crippen LogP contribution in [0.15, 0.2) is 0 Å². The van der Waals surface area contributed by atoms with Crippen LogP contribution in [0.3, 0.4) is 0 Å². The van der Waals surface area contributed by atoms with Gasteiger partial charge in [-0.1, -0.05) is 0 Å². The number of nitrogens with zero attached hydrogens (tertiary/aromatic N) is 2. The molecule has 0 saturated heterocycles. The molecule has 0 saturated carbocycles. The van der Waals surface area contributed by atoms with E-state index >= 15 is 0 Å². The summed E-state index contributed by atoms with van der Waals surface area (Å²) >= 11 is 0. The zero-order valence-corrected chi connectivity index (χ0v) is 8.14. The fourth-order valence-corrected chi connectivity index (χ4v) is 1.92. The van der Waals surface area contributed by atoms with Crippen molar-refractivity contribution in [1.82, 2.24) is 9.78 Å². The molecule has 1 aromatic heterocycles. The highest BCUT2D eigenvalue weighted by molar-refractivity contribution is 5.44. The van der Waals surface area contributed by atoms with Crippen LogP contribution in [0.1, 0.15) is 24.1 Å². The number of hydrogen-bond donors (Lipinski definition) is 1. The predicted molar refractivity (Wildman–Crippen MR) is 49.3 cm³/mol. The van der Waals surface area contributed by atoms with Crippen molar-refractivity contribution in [2.24, 2.45) is 0 Å². The number of alkyl halides is 3. The third kappa shape index (κ3) is 2.08. The van der Waals surface area contributed by atoms with E-state index in [1.807, 2.05) is 0 Å². The molecule has 1 aromatic rings. The van der Waals surface area contributed by atoms with E-state index in [0.29, 0.717) is 0 Å². The Kier molecular flexibility index (Phi) is 2.36. The van der Waals surface area contributed by atoms with Gasteiger partial charge in [0.15, 0.2) is 0 Å². The van der Waals surface area contributed by atoms with Gasteiger partial charge in [0.1, 0.15) is 12.4 Å². The van der Waals surface area contributed by atoms with Crippen molar-refractivity contribution in [2.75, 3.05) is 5.73 Å². The molecule has 2 N–H and O–H groups in total. The van der Waals surface area contributed by atoms with E-state index in [1.54, 1.807) is 0 Å². The summed E-state index contributed by atoms with van der Waals surface area (Å²) in [6.07, 6.45) is -0.809. The van der Waals surface area contributed by atoms with Crippen LogP contribution in [-0.2, 0) is 19.4 Å². The summed E-state index contributed by atoms with van der Waals surface area (Å²) in [6.45, 7) is -1.09. The Morgan fingerprint density at radius 3 is 2.53 bits per heavy atom. The van der Waals surface area contributed by atoms with Crippen molar-refractivity contribution in [2.45, 2.75) is 38.4 Å². The van der Waals surface area contributed by atoms with Crippen LogP contribution in [-0.4, -0.2) is 16.0 Å². The number of nitrogen functional groups attached to an aromatic ring is 1. The second-order valence-electron chi connectivity index (χ2n) is 3.79. The van der Waals surface area contributed by atoms with Gasteiger partial charge in [-0.05, 0) is 25.7 Å². The summed E-state index contributed by atoms with van der Waals surface area (Å²) in [5.41, 5.74) is 7.18. The van der Waals surface area contributed by atoms with Crippen LogP contribution in [0.5, 0.6) is 0 Å². The van der Waals surface area contributed by atoms with Gasteiger partial charge in [-0.15, -0.1) is 0 Å². The average Bonchev–Trinajstić information content (AvgIpc) is 2.42. The molecule has 15 heavy (non-hydrogen) atoms. The Bertz CT molecular complexity index is 367. The smallest absolute Gasteiger partial charge is 0.384 e. The number of fused-ring (bicyclic) bond motifs is 1. The van der Waals surface area contributed by atoms with Gasteiger partial charge in [0.2, 0.25) is 0 Å². The van der Waals surface area contributed by atoms with Gasteiger partial charge in [0.05, 0.1) is 5.69 Å². The van der Waals surface area contributed by atoms with Crippen LogP contribution < -0.4 is 5.73 Å². The van der Waals surface area contributed by atoms with Crippen molar-refractivity contribution >= 4 is 5.82 Å². The highest BCUT2D eigenvalue weighted by atomic mass is 19.4. The van der Waals surface area contributed by atoms with Crippen LogP contribution in [0.4, 0.5) is 19.0 Å². The maximum absolute atomic E-state index is 12.2. The summed E-state index contributed by atoms with van der Waals surface area (Å²) in [5, 5.41) is 3.91. The van der Waals surface area contributed by atoms with Crippen LogP contribution in [0.2, 0.25) is 0 Å². The lowest BCUT2D eigenvalue weighted by Crippen LogP contribution is -2.20. The summed E-state index contributed by atoms with van der Waals surface area (Å²) in [7, 11) is 0. The standard InChI is InChI=1S/C9H12F3N3/c10-9(11,12)5-15-8(13)6-3-1-2-4-7(6)14-15/h1-5,13H2. The molecule has 2 rings (SSSR count). The SMILES string of the molecule is Nc1c2c(nn1CC(F)(F)F)CCCC2. The molecule has 1 aliphatic rings. The maximum Gasteiger partial charge on any atom is 0.408 e. The number of anilines is 1. The molecule has 1 aliphatic carbocycles. The maximum atomic E-state index is 12.2. The first kappa shape index (κ1) is 10.3. The Labute approximate surface area is 85.1 Å². The van der Waals surface area contributed by atoms with E-state index in [9.17, 15) is 13.2 Å². The first-order valence-corrected chi connectivity index (χ1v) is 4.88. The lowest BCUT2D eigenvalue weighted by Gasteiger charge is -2.09. The highest BCUT2D eigenvalue weighted by Gasteiger charge is 2.31. The summed E-state index contributed by atoms with van der Waals surface area (Å²) in [6, 6.07) is 0. The van der Waals surface area contributed by atoms with E-state index in [2.05, 4.69) is 5.10 Å². The number of aryl methyl sites for hydroxylation is 1. The zero-order chi connectivity index (χ0) is 11.1. The molecule has 0 fully saturated rings. The molecule has 0 amide bonds. The minimum atomic E-state index is -4.26. The molecule has 0 radical (unpaired) electrons. The molecule has 6 heteroatoms. The van der Waals surface area contributed by atoms with E-state index in [4.69, 9.17) is 5.73 Å². The van der Waals surface area contributed by atoms with Crippen LogP contribution in [0.25, 0.3) is 0 Å². The summed E-state index contributed by atoms with van der Waals surface area (Å²) < 4.78 is 37.4. The van der Waals surface area contributed by atoms with Crippen molar-refractivity contribution in [3.8, 4) is 0 Å². The molecular weight excluding hydrogens is 207 g/mol. The van der Waals surface area contributed by atoms with Crippen molar-refractivity contribution < 1.29 is 13.2 Å². The van der Waals surface area contributed by atoms with E-state index in [0.717, 1.165) is 41.6 Å².